The van der Waals surface area contributed by atoms with Gasteiger partial charge in [-0.1, -0.05) is 0 Å². The minimum absolute atomic E-state index is 0. The van der Waals surface area contributed by atoms with Gasteiger partial charge in [0.05, 0.1) is 0 Å². The number of hydrogen-bond acceptors (Lipinski definition) is 1. The van der Waals surface area contributed by atoms with E-state index < -0.39 is 5.97 Å². The molecule has 0 aromatic carbocycles. The minimum atomic E-state index is -0.833. The number of aliphatic carboxylic acids is 1. The van der Waals surface area contributed by atoms with Crippen molar-refractivity contribution in [2.75, 3.05) is 0 Å². The molecule has 0 atom stereocenters. The van der Waals surface area contributed by atoms with E-state index in [0.29, 0.717) is 0 Å². The van der Waals surface area contributed by atoms with Crippen LogP contribution in [0.15, 0.2) is 0 Å². The van der Waals surface area contributed by atoms with Gasteiger partial charge in [-0.25, -0.2) is 0 Å². The number of hydrogen-bond donors (Lipinski definition) is 1. The van der Waals surface area contributed by atoms with Crippen LogP contribution >= 0.6 is 0 Å². The van der Waals surface area contributed by atoms with Crippen LogP contribution in [0.3, 0.4) is 0 Å². The summed E-state index contributed by atoms with van der Waals surface area (Å²) in [6.45, 7) is 1.08. The summed E-state index contributed by atoms with van der Waals surface area (Å²) in [7, 11) is 0. The molecule has 0 aliphatic rings. The fourth-order valence-corrected chi connectivity index (χ4v) is 0. The van der Waals surface area contributed by atoms with Crippen molar-refractivity contribution in [1.29, 1.82) is 0 Å². The van der Waals surface area contributed by atoms with Crippen molar-refractivity contribution >= 4 is 74.9 Å². The Hall–Kier alpha value is 1.52. The average molecular weight is 194 g/mol. The first-order valence-electron chi connectivity index (χ1n) is 0.928. The molecule has 0 aromatic rings. The molecule has 0 aliphatic carbocycles. The summed E-state index contributed by atoms with van der Waals surface area (Å²) in [6, 6.07) is 0. The van der Waals surface area contributed by atoms with Gasteiger partial charge in [0.2, 0.25) is 0 Å². The maximum atomic E-state index is 9.00. The van der Waals surface area contributed by atoms with E-state index in [0.717, 1.165) is 6.92 Å². The Bertz CT molecular complexity index is 30.6. The van der Waals surface area contributed by atoms with Gasteiger partial charge in [-0.2, -0.15) is 0 Å². The van der Waals surface area contributed by atoms with Gasteiger partial charge >= 0.3 is 68.9 Å². The van der Waals surface area contributed by atoms with Crippen molar-refractivity contribution in [3.05, 3.63) is 0 Å². The SMILES string of the molecule is CC(=O)O.[CsH]. The molecule has 0 heterocycles. The maximum absolute atomic E-state index is 9.00. The zero-order valence-electron chi connectivity index (χ0n) is 2.36. The summed E-state index contributed by atoms with van der Waals surface area (Å²) >= 11 is 0. The van der Waals surface area contributed by atoms with Crippen LogP contribution in [0.25, 0.3) is 0 Å². The Morgan fingerprint density at radius 3 is 1.80 bits per heavy atom. The van der Waals surface area contributed by atoms with Crippen LogP contribution in [0.2, 0.25) is 0 Å². The first-order valence-corrected chi connectivity index (χ1v) is 0.928. The van der Waals surface area contributed by atoms with E-state index in [2.05, 4.69) is 0 Å². The summed E-state index contributed by atoms with van der Waals surface area (Å²) in [5.74, 6) is -0.833. The first-order chi connectivity index (χ1) is 1.73. The number of rotatable bonds is 0. The Morgan fingerprint density at radius 2 is 1.80 bits per heavy atom. The topological polar surface area (TPSA) is 37.3 Å². The zero-order valence-corrected chi connectivity index (χ0v) is 2.36. The molecule has 26 valence electrons. The van der Waals surface area contributed by atoms with Crippen LogP contribution in [-0.4, -0.2) is 80.0 Å². The van der Waals surface area contributed by atoms with Crippen LogP contribution < -0.4 is 0 Å². The molecule has 0 spiro atoms. The molecule has 0 fully saturated rings. The third-order valence-electron chi connectivity index (χ3n) is 0. The van der Waals surface area contributed by atoms with E-state index in [1.807, 2.05) is 0 Å². The summed E-state index contributed by atoms with van der Waals surface area (Å²) < 4.78 is 0. The van der Waals surface area contributed by atoms with Crippen molar-refractivity contribution < 1.29 is 9.90 Å². The van der Waals surface area contributed by atoms with Crippen molar-refractivity contribution in [1.82, 2.24) is 0 Å². The molecule has 0 amide bonds. The van der Waals surface area contributed by atoms with E-state index in [1.54, 1.807) is 0 Å². The van der Waals surface area contributed by atoms with Crippen LogP contribution in [-0.2, 0) is 4.79 Å². The standard InChI is InChI=1S/C2H4O2.Cs.H/c1-2(3)4;;/h1H3,(H,3,4);;. The van der Waals surface area contributed by atoms with E-state index in [-0.39, 0.29) is 68.9 Å². The molecule has 0 bridgehead atoms. The molecule has 0 saturated carbocycles. The van der Waals surface area contributed by atoms with Crippen molar-refractivity contribution in [2.24, 2.45) is 0 Å². The molecule has 3 heteroatoms. The molecule has 1 N–H and O–H groups in total. The van der Waals surface area contributed by atoms with Gasteiger partial charge < -0.3 is 5.11 Å². The first kappa shape index (κ1) is 9.73. The van der Waals surface area contributed by atoms with Gasteiger partial charge in [0.1, 0.15) is 0 Å². The molecule has 0 unspecified atom stereocenters. The molecular formula is C2H5CsO2. The van der Waals surface area contributed by atoms with Crippen molar-refractivity contribution in [2.45, 2.75) is 6.92 Å². The molecule has 0 radical (unpaired) electrons. The Balaban J connectivity index is 0. The Kier molecular flexibility index (Phi) is 10.7. The van der Waals surface area contributed by atoms with E-state index in [9.17, 15) is 0 Å². The predicted octanol–water partition coefficient (Wildman–Crippen LogP) is -0.558. The van der Waals surface area contributed by atoms with Gasteiger partial charge in [-0.05, 0) is 0 Å². The van der Waals surface area contributed by atoms with Crippen LogP contribution in [0.1, 0.15) is 6.92 Å². The average Bonchev–Trinajstić information content (AvgIpc) is 0.811. The van der Waals surface area contributed by atoms with Gasteiger partial charge in [-0.3, -0.25) is 4.79 Å². The van der Waals surface area contributed by atoms with Crippen LogP contribution in [0.4, 0.5) is 0 Å². The molecule has 2 nitrogen and oxygen atoms in total. The zero-order chi connectivity index (χ0) is 3.58. The summed E-state index contributed by atoms with van der Waals surface area (Å²) in [5.41, 5.74) is 0. The van der Waals surface area contributed by atoms with Gasteiger partial charge in [0.25, 0.3) is 5.97 Å². The quantitative estimate of drug-likeness (QED) is 0.561. The van der Waals surface area contributed by atoms with E-state index in [4.69, 9.17) is 9.90 Å². The van der Waals surface area contributed by atoms with Crippen molar-refractivity contribution in [3.63, 3.8) is 0 Å². The predicted molar refractivity (Wildman–Crippen MR) is 20.5 cm³/mol. The number of carbonyl (C=O) groups is 1. The normalized spacial score (nSPS) is 5.00. The number of carboxylic acids is 1. The fraction of sp³-hybridized carbons (Fsp3) is 0.500. The molecule has 0 saturated heterocycles. The molecule has 0 rings (SSSR count). The summed E-state index contributed by atoms with van der Waals surface area (Å²) in [6.07, 6.45) is 0. The van der Waals surface area contributed by atoms with Gasteiger partial charge in [0.15, 0.2) is 0 Å². The van der Waals surface area contributed by atoms with Crippen LogP contribution in [0, 0.1) is 0 Å². The second kappa shape index (κ2) is 5.52. The van der Waals surface area contributed by atoms with Crippen molar-refractivity contribution in [3.8, 4) is 0 Å². The summed E-state index contributed by atoms with van der Waals surface area (Å²) in [4.78, 5) is 9.00. The van der Waals surface area contributed by atoms with Gasteiger partial charge in [0, 0.05) is 6.92 Å². The molecule has 5 heavy (non-hydrogen) atoms. The Labute approximate surface area is 89.4 Å². The second-order valence-electron chi connectivity index (χ2n) is 0.519. The molecular weight excluding hydrogens is 189 g/mol. The van der Waals surface area contributed by atoms with E-state index in [1.165, 1.54) is 0 Å². The number of carboxylic acid groups (broad SMARTS) is 1. The Morgan fingerprint density at radius 1 is 1.80 bits per heavy atom. The van der Waals surface area contributed by atoms with Crippen LogP contribution in [0.5, 0.6) is 0 Å². The fourth-order valence-electron chi connectivity index (χ4n) is 0. The van der Waals surface area contributed by atoms with Gasteiger partial charge in [-0.15, -0.1) is 0 Å². The van der Waals surface area contributed by atoms with E-state index >= 15 is 0 Å². The third-order valence-corrected chi connectivity index (χ3v) is 0. The second-order valence-corrected chi connectivity index (χ2v) is 0.519. The summed E-state index contributed by atoms with van der Waals surface area (Å²) in [5, 5.41) is 7.42. The third kappa shape index (κ3) is 29.6. The monoisotopic (exact) mass is 194 g/mol. The molecule has 0 aliphatic heterocycles. The molecule has 0 aromatic heterocycles.